The number of rotatable bonds is 6. The van der Waals surface area contributed by atoms with Crippen LogP contribution in [-0.2, 0) is 16.1 Å². The van der Waals surface area contributed by atoms with Crippen LogP contribution >= 0.6 is 22.6 Å². The van der Waals surface area contributed by atoms with Crippen molar-refractivity contribution in [2.24, 2.45) is 0 Å². The van der Waals surface area contributed by atoms with E-state index in [2.05, 4.69) is 33.2 Å². The van der Waals surface area contributed by atoms with E-state index in [0.29, 0.717) is 13.1 Å². The van der Waals surface area contributed by atoms with Crippen LogP contribution in [0.5, 0.6) is 0 Å². The molecule has 1 rings (SSSR count). The Labute approximate surface area is 150 Å². The van der Waals surface area contributed by atoms with Crippen LogP contribution in [0, 0.1) is 0 Å². The molecule has 0 saturated carbocycles. The van der Waals surface area contributed by atoms with Crippen molar-refractivity contribution in [1.29, 1.82) is 0 Å². The molecule has 1 atom stereocenters. The topological polar surface area (TPSA) is 76.7 Å². The van der Waals surface area contributed by atoms with Crippen LogP contribution in [0.4, 0.5) is 9.59 Å². The summed E-state index contributed by atoms with van der Waals surface area (Å²) in [7, 11) is 0. The molecule has 0 unspecified atom stereocenters. The Balaban J connectivity index is 2.16. The fourth-order valence-electron chi connectivity index (χ4n) is 1.55. The van der Waals surface area contributed by atoms with Gasteiger partial charge in [0, 0.05) is 17.0 Å². The smallest absolute Gasteiger partial charge is 0.407 e. The molecule has 7 heteroatoms. The molecule has 0 radical (unpaired) electrons. The summed E-state index contributed by atoms with van der Waals surface area (Å²) in [4.78, 5) is 23.1. The van der Waals surface area contributed by atoms with Gasteiger partial charge < -0.3 is 20.1 Å². The van der Waals surface area contributed by atoms with Crippen molar-refractivity contribution in [2.75, 3.05) is 13.1 Å². The molecule has 0 bridgehead atoms. The predicted molar refractivity (Wildman–Crippen MR) is 96.7 cm³/mol. The normalized spacial score (nSPS) is 12.2. The first kappa shape index (κ1) is 19.5. The molecular formula is C16H23IN2O4. The van der Waals surface area contributed by atoms with Gasteiger partial charge in [-0.05, 0) is 26.3 Å². The maximum atomic E-state index is 11.6. The SMILES string of the molecule is CC(C)(C)OC(=O)NC[C@H](I)CNC(=O)OCc1ccccc1. The van der Waals surface area contributed by atoms with E-state index in [1.54, 1.807) is 20.8 Å². The number of amides is 2. The Morgan fingerprint density at radius 1 is 1.09 bits per heavy atom. The lowest BCUT2D eigenvalue weighted by Gasteiger charge is -2.20. The number of carbonyl (C=O) groups is 2. The number of alkyl carbamates (subject to hydrolysis) is 2. The average molecular weight is 434 g/mol. The van der Waals surface area contributed by atoms with E-state index in [1.807, 2.05) is 30.3 Å². The van der Waals surface area contributed by atoms with E-state index >= 15 is 0 Å². The van der Waals surface area contributed by atoms with Crippen LogP contribution in [0.1, 0.15) is 26.3 Å². The van der Waals surface area contributed by atoms with E-state index in [0.717, 1.165) is 5.56 Å². The molecule has 2 amide bonds. The minimum Gasteiger partial charge on any atom is -0.445 e. The number of ether oxygens (including phenoxy) is 2. The molecule has 0 spiro atoms. The lowest BCUT2D eigenvalue weighted by atomic mass is 10.2. The van der Waals surface area contributed by atoms with Crippen LogP contribution in [0.15, 0.2) is 30.3 Å². The van der Waals surface area contributed by atoms with Crippen molar-refractivity contribution < 1.29 is 19.1 Å². The number of carbonyl (C=O) groups excluding carboxylic acids is 2. The van der Waals surface area contributed by atoms with Crippen LogP contribution in [0.25, 0.3) is 0 Å². The molecule has 1 aromatic carbocycles. The van der Waals surface area contributed by atoms with Gasteiger partial charge in [-0.2, -0.15) is 0 Å². The minimum atomic E-state index is -0.523. The zero-order valence-corrected chi connectivity index (χ0v) is 15.8. The fraction of sp³-hybridized carbons (Fsp3) is 0.500. The Morgan fingerprint density at radius 3 is 2.22 bits per heavy atom. The summed E-state index contributed by atoms with van der Waals surface area (Å²) in [6, 6.07) is 9.46. The highest BCUT2D eigenvalue weighted by atomic mass is 127. The molecule has 23 heavy (non-hydrogen) atoms. The highest BCUT2D eigenvalue weighted by molar-refractivity contribution is 14.1. The first-order valence-electron chi connectivity index (χ1n) is 7.32. The van der Waals surface area contributed by atoms with Gasteiger partial charge >= 0.3 is 12.2 Å². The highest BCUT2D eigenvalue weighted by Gasteiger charge is 2.17. The summed E-state index contributed by atoms with van der Waals surface area (Å²) in [6.07, 6.45) is -0.946. The second-order valence-electron chi connectivity index (χ2n) is 5.92. The van der Waals surface area contributed by atoms with Crippen LogP contribution in [0.3, 0.4) is 0 Å². The average Bonchev–Trinajstić information content (AvgIpc) is 2.48. The van der Waals surface area contributed by atoms with Gasteiger partial charge in [-0.25, -0.2) is 9.59 Å². The van der Waals surface area contributed by atoms with Gasteiger partial charge in [0.2, 0.25) is 0 Å². The van der Waals surface area contributed by atoms with Gasteiger partial charge in [0.25, 0.3) is 0 Å². The van der Waals surface area contributed by atoms with Gasteiger partial charge in [0.15, 0.2) is 0 Å². The summed E-state index contributed by atoms with van der Waals surface area (Å²) in [6.45, 7) is 6.43. The molecule has 0 aliphatic rings. The van der Waals surface area contributed by atoms with Crippen molar-refractivity contribution in [3.05, 3.63) is 35.9 Å². The molecule has 0 heterocycles. The molecule has 0 aliphatic carbocycles. The third kappa shape index (κ3) is 9.98. The van der Waals surface area contributed by atoms with Crippen molar-refractivity contribution in [3.8, 4) is 0 Å². The number of nitrogens with one attached hydrogen (secondary N) is 2. The van der Waals surface area contributed by atoms with Crippen LogP contribution in [0.2, 0.25) is 0 Å². The highest BCUT2D eigenvalue weighted by Crippen LogP contribution is 2.07. The van der Waals surface area contributed by atoms with Gasteiger partial charge in [0.1, 0.15) is 12.2 Å². The number of halogens is 1. The monoisotopic (exact) mass is 434 g/mol. The Hall–Kier alpha value is -1.51. The molecule has 128 valence electrons. The zero-order valence-electron chi connectivity index (χ0n) is 13.6. The molecule has 0 fully saturated rings. The number of hydrogen-bond donors (Lipinski definition) is 2. The lowest BCUT2D eigenvalue weighted by molar-refractivity contribution is 0.0529. The Morgan fingerprint density at radius 2 is 1.65 bits per heavy atom. The van der Waals surface area contributed by atoms with E-state index in [4.69, 9.17) is 9.47 Å². The van der Waals surface area contributed by atoms with Crippen molar-refractivity contribution in [2.45, 2.75) is 36.9 Å². The van der Waals surface area contributed by atoms with E-state index in [1.165, 1.54) is 0 Å². The standard InChI is InChI=1S/C16H23IN2O4/c1-16(2,3)23-15(21)19-10-13(17)9-18-14(20)22-11-12-7-5-4-6-8-12/h4-8,13H,9-11H2,1-3H3,(H,18,20)(H,19,21)/t13-/m1/s1. The first-order valence-corrected chi connectivity index (χ1v) is 8.56. The van der Waals surface area contributed by atoms with Crippen molar-refractivity contribution >= 4 is 34.8 Å². The van der Waals surface area contributed by atoms with E-state index in [-0.39, 0.29) is 10.5 Å². The summed E-state index contributed by atoms with van der Waals surface area (Å²) in [5.41, 5.74) is 0.407. The summed E-state index contributed by atoms with van der Waals surface area (Å²) in [5.74, 6) is 0. The van der Waals surface area contributed by atoms with E-state index in [9.17, 15) is 9.59 Å². The van der Waals surface area contributed by atoms with Gasteiger partial charge in [-0.3, -0.25) is 0 Å². The summed E-state index contributed by atoms with van der Waals surface area (Å²) >= 11 is 2.14. The number of alkyl halides is 1. The number of benzene rings is 1. The maximum absolute atomic E-state index is 11.6. The zero-order chi connectivity index (χ0) is 17.3. The predicted octanol–water partition coefficient (Wildman–Crippen LogP) is 3.24. The van der Waals surface area contributed by atoms with Gasteiger partial charge in [0.05, 0.1) is 0 Å². The molecular weight excluding hydrogens is 411 g/mol. The Kier molecular flexibility index (Phi) is 8.15. The maximum Gasteiger partial charge on any atom is 0.407 e. The third-order valence-electron chi connectivity index (χ3n) is 2.55. The van der Waals surface area contributed by atoms with Crippen LogP contribution in [-0.4, -0.2) is 34.8 Å². The van der Waals surface area contributed by atoms with Crippen molar-refractivity contribution in [1.82, 2.24) is 10.6 Å². The molecule has 6 nitrogen and oxygen atoms in total. The summed E-state index contributed by atoms with van der Waals surface area (Å²) < 4.78 is 10.3. The lowest BCUT2D eigenvalue weighted by Crippen LogP contribution is -2.39. The third-order valence-corrected chi connectivity index (χ3v) is 3.43. The Bertz CT molecular complexity index is 503. The molecule has 0 aromatic heterocycles. The molecule has 0 saturated heterocycles. The molecule has 1 aromatic rings. The minimum absolute atomic E-state index is 0.0318. The number of hydrogen-bond acceptors (Lipinski definition) is 4. The van der Waals surface area contributed by atoms with E-state index < -0.39 is 17.8 Å². The van der Waals surface area contributed by atoms with Crippen LogP contribution < -0.4 is 10.6 Å². The first-order chi connectivity index (χ1) is 10.8. The van der Waals surface area contributed by atoms with Gasteiger partial charge in [-0.15, -0.1) is 0 Å². The van der Waals surface area contributed by atoms with Crippen molar-refractivity contribution in [3.63, 3.8) is 0 Å². The summed E-state index contributed by atoms with van der Waals surface area (Å²) in [5, 5.41) is 5.32. The fourth-order valence-corrected chi connectivity index (χ4v) is 1.99. The second kappa shape index (κ2) is 9.59. The molecule has 2 N–H and O–H groups in total. The largest absolute Gasteiger partial charge is 0.445 e. The quantitative estimate of drug-likeness (QED) is 0.533. The second-order valence-corrected chi connectivity index (χ2v) is 7.68. The van der Waals surface area contributed by atoms with Gasteiger partial charge in [-0.1, -0.05) is 52.9 Å². The molecule has 0 aliphatic heterocycles.